The fourth-order valence-electron chi connectivity index (χ4n) is 4.46. The van der Waals surface area contributed by atoms with Crippen LogP contribution in [0.4, 0.5) is 0 Å². The first-order chi connectivity index (χ1) is 16.6. The monoisotopic (exact) mass is 473 g/mol. The summed E-state index contributed by atoms with van der Waals surface area (Å²) in [4.78, 5) is 14.5. The number of rotatable bonds is 7. The van der Waals surface area contributed by atoms with Gasteiger partial charge in [0.2, 0.25) is 0 Å². The minimum absolute atomic E-state index is 0.0852. The molecule has 1 aromatic heterocycles. The molecule has 0 saturated carbocycles. The van der Waals surface area contributed by atoms with Gasteiger partial charge in [-0.25, -0.2) is 0 Å². The van der Waals surface area contributed by atoms with Crippen LogP contribution in [-0.2, 0) is 0 Å². The van der Waals surface area contributed by atoms with Crippen LogP contribution in [0, 0.1) is 0 Å². The molecule has 34 heavy (non-hydrogen) atoms. The van der Waals surface area contributed by atoms with Crippen LogP contribution in [0.2, 0.25) is 0 Å². The van der Waals surface area contributed by atoms with Crippen molar-refractivity contribution in [3.63, 3.8) is 0 Å². The summed E-state index contributed by atoms with van der Waals surface area (Å²) in [7, 11) is 0. The lowest BCUT2D eigenvalue weighted by Crippen LogP contribution is -2.35. The third kappa shape index (κ3) is 4.79. The van der Waals surface area contributed by atoms with Crippen molar-refractivity contribution in [1.29, 1.82) is 0 Å². The van der Waals surface area contributed by atoms with Gasteiger partial charge in [-0.05, 0) is 98.1 Å². The maximum atomic E-state index is 13.6. The summed E-state index contributed by atoms with van der Waals surface area (Å²) in [6.07, 6.45) is 4.70. The Balaban J connectivity index is 1.39. The number of nitrogens with one attached hydrogen (secondary N) is 1. The maximum Gasteiger partial charge on any atom is 0.195 e. The van der Waals surface area contributed by atoms with E-state index in [1.807, 2.05) is 12.1 Å². The molecule has 5 nitrogen and oxygen atoms in total. The summed E-state index contributed by atoms with van der Waals surface area (Å²) in [5, 5.41) is 24.0. The second-order valence-corrected chi connectivity index (χ2v) is 9.72. The summed E-state index contributed by atoms with van der Waals surface area (Å²) in [5.41, 5.74) is 2.02. The molecule has 3 N–H and O–H groups in total. The van der Waals surface area contributed by atoms with Crippen LogP contribution < -0.4 is 10.1 Å². The Hall–Kier alpha value is -3.35. The molecular weight excluding hydrogens is 446 g/mol. The van der Waals surface area contributed by atoms with Crippen LogP contribution in [0.15, 0.2) is 66.7 Å². The molecule has 0 bridgehead atoms. The predicted molar refractivity (Wildman–Crippen MR) is 136 cm³/mol. The van der Waals surface area contributed by atoms with E-state index in [0.29, 0.717) is 23.8 Å². The van der Waals surface area contributed by atoms with E-state index in [0.717, 1.165) is 39.2 Å². The first-order valence-electron chi connectivity index (χ1n) is 11.6. The lowest BCUT2D eigenvalue weighted by molar-refractivity contribution is 0.104. The van der Waals surface area contributed by atoms with E-state index < -0.39 is 0 Å². The van der Waals surface area contributed by atoms with Crippen molar-refractivity contribution in [3.8, 4) is 27.7 Å². The summed E-state index contributed by atoms with van der Waals surface area (Å²) >= 11 is 1.45. The lowest BCUT2D eigenvalue weighted by Gasteiger charge is -2.23. The summed E-state index contributed by atoms with van der Waals surface area (Å²) in [6, 6.07) is 19.7. The van der Waals surface area contributed by atoms with E-state index in [1.165, 1.54) is 30.6 Å². The molecule has 174 valence electrons. The van der Waals surface area contributed by atoms with Gasteiger partial charge in [-0.1, -0.05) is 6.42 Å². The second kappa shape index (κ2) is 9.87. The van der Waals surface area contributed by atoms with Crippen molar-refractivity contribution in [2.45, 2.75) is 31.7 Å². The van der Waals surface area contributed by atoms with Crippen LogP contribution in [0.3, 0.4) is 0 Å². The van der Waals surface area contributed by atoms with Crippen molar-refractivity contribution in [2.75, 3.05) is 13.2 Å². The molecular formula is C28H27NO4S. The van der Waals surface area contributed by atoms with Gasteiger partial charge < -0.3 is 20.3 Å². The van der Waals surface area contributed by atoms with Crippen LogP contribution >= 0.6 is 11.3 Å². The molecule has 0 spiro atoms. The van der Waals surface area contributed by atoms with Gasteiger partial charge in [0.15, 0.2) is 5.78 Å². The van der Waals surface area contributed by atoms with Crippen LogP contribution in [-0.4, -0.2) is 35.2 Å². The van der Waals surface area contributed by atoms with Gasteiger partial charge in [-0.15, -0.1) is 11.3 Å². The molecule has 2 heterocycles. The number of ether oxygens (including phenoxy) is 1. The van der Waals surface area contributed by atoms with Crippen molar-refractivity contribution in [1.82, 2.24) is 5.32 Å². The smallest absolute Gasteiger partial charge is 0.195 e. The van der Waals surface area contributed by atoms with Crippen molar-refractivity contribution in [3.05, 3.63) is 77.9 Å². The van der Waals surface area contributed by atoms with Crippen molar-refractivity contribution in [2.24, 2.45) is 0 Å². The molecule has 0 amide bonds. The number of hydrogen-bond acceptors (Lipinski definition) is 6. The summed E-state index contributed by atoms with van der Waals surface area (Å²) < 4.78 is 6.76. The van der Waals surface area contributed by atoms with Gasteiger partial charge in [0.05, 0.1) is 6.61 Å². The largest absolute Gasteiger partial charge is 0.508 e. The van der Waals surface area contributed by atoms with Gasteiger partial charge in [0.25, 0.3) is 0 Å². The van der Waals surface area contributed by atoms with Gasteiger partial charge >= 0.3 is 0 Å². The molecule has 1 saturated heterocycles. The van der Waals surface area contributed by atoms with E-state index in [-0.39, 0.29) is 17.3 Å². The number of phenolic OH excluding ortho intramolecular Hbond substituents is 2. The van der Waals surface area contributed by atoms with Gasteiger partial charge in [-0.3, -0.25) is 4.79 Å². The molecule has 0 radical (unpaired) electrons. The SMILES string of the molecule is O=C(c1ccc(OCCC2CCCCN2)cc1)c1c(-c2ccc(O)cc2)sc2cc(O)ccc12. The fraction of sp³-hybridized carbons (Fsp3) is 0.250. The molecule has 1 aliphatic heterocycles. The van der Waals surface area contributed by atoms with Crippen molar-refractivity contribution >= 4 is 27.2 Å². The highest BCUT2D eigenvalue weighted by molar-refractivity contribution is 7.22. The van der Waals surface area contributed by atoms with Crippen LogP contribution in [0.25, 0.3) is 20.5 Å². The zero-order valence-electron chi connectivity index (χ0n) is 18.8. The Bertz CT molecular complexity index is 1290. The molecule has 1 atom stereocenters. The molecule has 1 aliphatic rings. The molecule has 6 heteroatoms. The summed E-state index contributed by atoms with van der Waals surface area (Å²) in [5.74, 6) is 1.00. The zero-order valence-corrected chi connectivity index (χ0v) is 19.6. The number of benzene rings is 3. The van der Waals surface area contributed by atoms with Crippen molar-refractivity contribution < 1.29 is 19.7 Å². The zero-order chi connectivity index (χ0) is 23.5. The Morgan fingerprint density at radius 1 is 0.971 bits per heavy atom. The topological polar surface area (TPSA) is 78.8 Å². The Labute approximate surface area is 202 Å². The highest BCUT2D eigenvalue weighted by Gasteiger charge is 2.22. The highest BCUT2D eigenvalue weighted by atomic mass is 32.1. The van der Waals surface area contributed by atoms with E-state index in [4.69, 9.17) is 4.74 Å². The third-order valence-electron chi connectivity index (χ3n) is 6.29. The highest BCUT2D eigenvalue weighted by Crippen LogP contribution is 2.41. The number of carbonyl (C=O) groups is 1. The number of fused-ring (bicyclic) bond motifs is 1. The Morgan fingerprint density at radius 2 is 1.74 bits per heavy atom. The van der Waals surface area contributed by atoms with Crippen LogP contribution in [0.1, 0.15) is 41.6 Å². The Kier molecular flexibility index (Phi) is 6.52. The van der Waals surface area contributed by atoms with E-state index in [2.05, 4.69) is 5.32 Å². The average Bonchev–Trinajstić information content (AvgIpc) is 3.23. The van der Waals surface area contributed by atoms with E-state index in [1.54, 1.807) is 54.6 Å². The van der Waals surface area contributed by atoms with Crippen LogP contribution in [0.5, 0.6) is 17.2 Å². The van der Waals surface area contributed by atoms with Gasteiger partial charge in [-0.2, -0.15) is 0 Å². The maximum absolute atomic E-state index is 13.6. The Morgan fingerprint density at radius 3 is 2.47 bits per heavy atom. The molecule has 1 unspecified atom stereocenters. The first-order valence-corrected chi connectivity index (χ1v) is 12.5. The van der Waals surface area contributed by atoms with Gasteiger partial charge in [0.1, 0.15) is 17.2 Å². The number of hydrogen-bond donors (Lipinski definition) is 3. The molecule has 3 aromatic carbocycles. The third-order valence-corrected chi connectivity index (χ3v) is 7.50. The summed E-state index contributed by atoms with van der Waals surface area (Å²) in [6.45, 7) is 1.74. The second-order valence-electron chi connectivity index (χ2n) is 8.67. The lowest BCUT2D eigenvalue weighted by atomic mass is 9.97. The average molecular weight is 474 g/mol. The van der Waals surface area contributed by atoms with E-state index >= 15 is 0 Å². The normalized spacial score (nSPS) is 15.9. The molecule has 0 aliphatic carbocycles. The fourth-order valence-corrected chi connectivity index (χ4v) is 5.70. The molecule has 4 aromatic rings. The quantitative estimate of drug-likeness (QED) is 0.282. The number of carbonyl (C=O) groups excluding carboxylic acids is 1. The van der Waals surface area contributed by atoms with Gasteiger partial charge in [0, 0.05) is 32.1 Å². The number of thiophene rings is 1. The molecule has 5 rings (SSSR count). The minimum Gasteiger partial charge on any atom is -0.508 e. The predicted octanol–water partition coefficient (Wildman–Crippen LogP) is 6.12. The number of piperidine rings is 1. The minimum atomic E-state index is -0.0852. The molecule has 1 fully saturated rings. The standard InChI is InChI=1S/C28H27NO4S/c30-21-8-4-19(5-9-21)28-26(24-13-10-22(31)17-25(24)34-28)27(32)18-6-11-23(12-7-18)33-16-14-20-3-1-2-15-29-20/h4-13,17,20,29-31H,1-3,14-16H2. The number of ketones is 1. The first kappa shape index (κ1) is 22.4. The number of aromatic hydroxyl groups is 2. The van der Waals surface area contributed by atoms with E-state index in [9.17, 15) is 15.0 Å². The number of phenols is 2.